The van der Waals surface area contributed by atoms with Gasteiger partial charge in [-0.15, -0.1) is 0 Å². The average Bonchev–Trinajstić information content (AvgIpc) is 2.94. The summed E-state index contributed by atoms with van der Waals surface area (Å²) in [6, 6.07) is 14.9. The van der Waals surface area contributed by atoms with Crippen LogP contribution in [-0.2, 0) is 4.79 Å². The van der Waals surface area contributed by atoms with Crippen LogP contribution in [0.1, 0.15) is 47.1 Å². The number of imidazole rings is 1. The second-order valence-electron chi connectivity index (χ2n) is 6.67. The van der Waals surface area contributed by atoms with E-state index in [-0.39, 0.29) is 0 Å². The molecule has 1 aliphatic heterocycles. The zero-order valence-electron chi connectivity index (χ0n) is 16.6. The topological polar surface area (TPSA) is 112 Å². The van der Waals surface area contributed by atoms with Gasteiger partial charge in [0.2, 0.25) is 6.23 Å². The van der Waals surface area contributed by atoms with E-state index in [1.807, 2.05) is 42.7 Å². The van der Waals surface area contributed by atoms with Gasteiger partial charge >= 0.3 is 0 Å². The molecule has 8 heteroatoms. The number of halogens is 1. The number of aryl methyl sites for hydroxylation is 1. The maximum Gasteiger partial charge on any atom is 0.300 e. The Bertz CT molecular complexity index is 1200. The minimum atomic E-state index is -1.13. The smallest absolute Gasteiger partial charge is 0.300 e. The number of carbonyl (C=O) groups is 1. The quantitative estimate of drug-likeness (QED) is 0.616. The summed E-state index contributed by atoms with van der Waals surface area (Å²) in [6.07, 6.45) is -1.13. The predicted molar refractivity (Wildman–Crippen MR) is 113 cm³/mol. The molecule has 1 aliphatic rings. The van der Waals surface area contributed by atoms with Crippen molar-refractivity contribution >= 4 is 23.3 Å². The van der Waals surface area contributed by atoms with Crippen molar-refractivity contribution < 1.29 is 15.0 Å². The van der Waals surface area contributed by atoms with Crippen molar-refractivity contribution in [3.63, 3.8) is 0 Å². The highest BCUT2D eigenvalue weighted by molar-refractivity contribution is 6.35. The lowest BCUT2D eigenvalue weighted by molar-refractivity contribution is -0.134. The van der Waals surface area contributed by atoms with E-state index in [1.54, 1.807) is 18.2 Å². The van der Waals surface area contributed by atoms with Crippen LogP contribution in [0, 0.1) is 25.2 Å². The molecule has 0 radical (unpaired) electrons. The molecule has 152 valence electrons. The number of aliphatic carboxylic acids is 1. The molecule has 0 aliphatic carbocycles. The maximum absolute atomic E-state index is 10.7. The first kappa shape index (κ1) is 21.2. The van der Waals surface area contributed by atoms with E-state index in [9.17, 15) is 10.4 Å². The van der Waals surface area contributed by atoms with Gasteiger partial charge in [-0.3, -0.25) is 9.36 Å². The number of rotatable bonds is 1. The number of aliphatic hydroxyl groups excluding tert-OH is 1. The van der Waals surface area contributed by atoms with Gasteiger partial charge in [-0.1, -0.05) is 29.8 Å². The average molecular weight is 423 g/mol. The van der Waals surface area contributed by atoms with Crippen molar-refractivity contribution in [3.05, 3.63) is 81.4 Å². The van der Waals surface area contributed by atoms with Gasteiger partial charge in [0, 0.05) is 28.8 Å². The monoisotopic (exact) mass is 422 g/mol. The molecule has 2 heterocycles. The molecule has 30 heavy (non-hydrogen) atoms. The van der Waals surface area contributed by atoms with Crippen LogP contribution < -0.4 is 0 Å². The van der Waals surface area contributed by atoms with Gasteiger partial charge in [-0.05, 0) is 38.1 Å². The number of nitrogens with zero attached hydrogens (tertiary/aromatic N) is 4. The van der Waals surface area contributed by atoms with Crippen LogP contribution in [0.5, 0.6) is 0 Å². The number of benzene rings is 2. The number of aliphatic hydroxyl groups is 1. The Labute approximate surface area is 178 Å². The minimum absolute atomic E-state index is 0.452. The first-order valence-corrected chi connectivity index (χ1v) is 9.43. The summed E-state index contributed by atoms with van der Waals surface area (Å²) in [4.78, 5) is 18.0. The van der Waals surface area contributed by atoms with E-state index in [0.717, 1.165) is 29.6 Å². The van der Waals surface area contributed by atoms with E-state index >= 15 is 0 Å². The Morgan fingerprint density at radius 2 is 1.87 bits per heavy atom. The molecule has 2 N–H and O–H groups in total. The van der Waals surface area contributed by atoms with Crippen molar-refractivity contribution in [1.82, 2.24) is 9.55 Å². The second kappa shape index (κ2) is 8.49. The van der Waals surface area contributed by atoms with Gasteiger partial charge in [0.1, 0.15) is 0 Å². The molecular formula is C22H19ClN4O3. The molecule has 0 fully saturated rings. The molecule has 4 rings (SSSR count). The predicted octanol–water partition coefficient (Wildman–Crippen LogP) is 3.95. The molecule has 7 nitrogen and oxygen atoms in total. The lowest BCUT2D eigenvalue weighted by Crippen LogP contribution is -2.09. The summed E-state index contributed by atoms with van der Waals surface area (Å²) >= 11 is 6.39. The number of carboxylic acid groups (broad SMARTS) is 1. The molecule has 0 bridgehead atoms. The third kappa shape index (κ3) is 3.96. The van der Waals surface area contributed by atoms with Crippen LogP contribution >= 0.6 is 11.6 Å². The first-order chi connectivity index (χ1) is 14.2. The van der Waals surface area contributed by atoms with Crippen molar-refractivity contribution in [2.75, 3.05) is 0 Å². The molecule has 0 amide bonds. The third-order valence-electron chi connectivity index (χ3n) is 4.60. The summed E-state index contributed by atoms with van der Waals surface area (Å²) in [6.45, 7) is 4.92. The molecular weight excluding hydrogens is 404 g/mol. The lowest BCUT2D eigenvalue weighted by Gasteiger charge is -2.14. The Balaban J connectivity index is 0.000000589. The largest absolute Gasteiger partial charge is 0.481 e. The highest BCUT2D eigenvalue weighted by Crippen LogP contribution is 2.33. The molecule has 3 aromatic rings. The lowest BCUT2D eigenvalue weighted by atomic mass is 9.98. The first-order valence-electron chi connectivity index (χ1n) is 9.05. The number of hydrogen-bond acceptors (Lipinski definition) is 5. The van der Waals surface area contributed by atoms with Gasteiger partial charge in [-0.25, -0.2) is 9.98 Å². The molecule has 0 saturated carbocycles. The van der Waals surface area contributed by atoms with Crippen molar-refractivity contribution in [2.24, 2.45) is 4.99 Å². The van der Waals surface area contributed by atoms with Crippen molar-refractivity contribution in [1.29, 1.82) is 5.26 Å². The fraction of sp³-hybridized carbons (Fsp3) is 0.182. The molecule has 2 aromatic carbocycles. The van der Waals surface area contributed by atoms with Crippen LogP contribution in [0.2, 0.25) is 5.02 Å². The maximum atomic E-state index is 10.7. The fourth-order valence-electron chi connectivity index (χ4n) is 3.22. The highest BCUT2D eigenvalue weighted by atomic mass is 35.5. The standard InChI is InChI=1S/C20H15ClN4O.C2H4O2/c1-11-12(2)25-17-8-7-13(10-22)9-15(17)18(24-20(26)19(25)23-11)14-5-3-4-6-16(14)21;1-2(3)4/h3-9,20,26H,1-2H3;1H3,(H,3,4). The van der Waals surface area contributed by atoms with E-state index in [0.29, 0.717) is 27.7 Å². The van der Waals surface area contributed by atoms with E-state index in [2.05, 4.69) is 16.0 Å². The van der Waals surface area contributed by atoms with Gasteiger partial charge in [0.25, 0.3) is 5.97 Å². The summed E-state index contributed by atoms with van der Waals surface area (Å²) in [5.41, 5.74) is 5.03. The number of fused-ring (bicyclic) bond motifs is 3. The highest BCUT2D eigenvalue weighted by Gasteiger charge is 2.28. The molecule has 0 saturated heterocycles. The molecule has 0 spiro atoms. The Hall–Kier alpha value is -3.47. The van der Waals surface area contributed by atoms with Crippen LogP contribution in [0.15, 0.2) is 47.5 Å². The Kier molecular flexibility index (Phi) is 6.01. The Morgan fingerprint density at radius 3 is 2.50 bits per heavy atom. The number of aromatic nitrogens is 2. The van der Waals surface area contributed by atoms with Crippen LogP contribution in [-0.4, -0.2) is 31.4 Å². The summed E-state index contributed by atoms with van der Waals surface area (Å²) < 4.78 is 1.89. The molecule has 1 unspecified atom stereocenters. The number of carboxylic acids is 1. The van der Waals surface area contributed by atoms with E-state index in [4.69, 9.17) is 21.5 Å². The third-order valence-corrected chi connectivity index (χ3v) is 4.93. The van der Waals surface area contributed by atoms with Gasteiger partial charge in [-0.2, -0.15) is 5.26 Å². The minimum Gasteiger partial charge on any atom is -0.481 e. The van der Waals surface area contributed by atoms with Gasteiger partial charge in [0.15, 0.2) is 5.82 Å². The van der Waals surface area contributed by atoms with Crippen LogP contribution in [0.3, 0.4) is 0 Å². The van der Waals surface area contributed by atoms with E-state index < -0.39 is 12.2 Å². The van der Waals surface area contributed by atoms with Crippen LogP contribution in [0.25, 0.3) is 5.69 Å². The molecule has 1 aromatic heterocycles. The number of aliphatic imine (C=N–C) groups is 1. The SMILES string of the molecule is CC(=O)O.Cc1nc2n(c1C)-c1ccc(C#N)cc1C(c1ccccc1Cl)=NC2O. The van der Waals surface area contributed by atoms with E-state index in [1.165, 1.54) is 0 Å². The van der Waals surface area contributed by atoms with Gasteiger partial charge in [0.05, 0.1) is 28.7 Å². The van der Waals surface area contributed by atoms with Crippen molar-refractivity contribution in [2.45, 2.75) is 27.0 Å². The second-order valence-corrected chi connectivity index (χ2v) is 7.08. The molecule has 1 atom stereocenters. The zero-order chi connectivity index (χ0) is 22.0. The fourth-order valence-corrected chi connectivity index (χ4v) is 3.45. The number of hydrogen-bond donors (Lipinski definition) is 2. The summed E-state index contributed by atoms with van der Waals surface area (Å²) in [7, 11) is 0. The van der Waals surface area contributed by atoms with Gasteiger partial charge < -0.3 is 10.2 Å². The number of nitriles is 1. The normalized spacial score (nSPS) is 14.3. The summed E-state index contributed by atoms with van der Waals surface area (Å²) in [5, 5.41) is 28.0. The van der Waals surface area contributed by atoms with Crippen LogP contribution in [0.4, 0.5) is 0 Å². The summed E-state index contributed by atoms with van der Waals surface area (Å²) in [5.74, 6) is -0.381. The Morgan fingerprint density at radius 1 is 1.20 bits per heavy atom. The zero-order valence-corrected chi connectivity index (χ0v) is 17.3. The van der Waals surface area contributed by atoms with Crippen molar-refractivity contribution in [3.8, 4) is 11.8 Å².